The second-order valence-corrected chi connectivity index (χ2v) is 1.39. The largest absolute Gasteiger partial charge is 1.00 e. The predicted molar refractivity (Wildman–Crippen MR) is 25.0 cm³/mol. The quantitative estimate of drug-likeness (QED) is 0.289. The Balaban J connectivity index is 0. The van der Waals surface area contributed by atoms with Gasteiger partial charge in [0.1, 0.15) is 0 Å². The molecule has 0 N–H and O–H groups in total. The second-order valence-electron chi connectivity index (χ2n) is 0.791. The number of allylic oxidation sites excluding steroid dienone is 1. The van der Waals surface area contributed by atoms with Gasteiger partial charge in [-0.15, -0.1) is 5.38 Å². The Morgan fingerprint density at radius 3 is 2.00 bits per heavy atom. The van der Waals surface area contributed by atoms with Crippen LogP contribution in [-0.2, 0) is 0 Å². The minimum atomic E-state index is 0. The van der Waals surface area contributed by atoms with Crippen molar-refractivity contribution in [2.45, 2.75) is 6.92 Å². The van der Waals surface area contributed by atoms with Crippen molar-refractivity contribution in [2.75, 3.05) is 0 Å². The fourth-order valence-electron chi connectivity index (χ4n) is 0. The summed E-state index contributed by atoms with van der Waals surface area (Å²) >= 11 is 5.26. The predicted octanol–water partition coefficient (Wildman–Crippen LogP) is -1.03. The van der Waals surface area contributed by atoms with E-state index < -0.39 is 0 Å². The number of rotatable bonds is 1. The van der Waals surface area contributed by atoms with E-state index in [1.165, 1.54) is 0 Å². The smallest absolute Gasteiger partial charge is 0.244 e. The summed E-state index contributed by atoms with van der Waals surface area (Å²) in [6.45, 7) is 5.18. The summed E-state index contributed by atoms with van der Waals surface area (Å²) in [6, 6.07) is 0. The molecule has 0 aliphatic carbocycles. The summed E-state index contributed by atoms with van der Waals surface area (Å²) in [5.74, 6) is 0. The van der Waals surface area contributed by atoms with Crippen LogP contribution in [0.15, 0.2) is 12.7 Å². The van der Waals surface area contributed by atoms with E-state index in [9.17, 15) is 0 Å². The van der Waals surface area contributed by atoms with Crippen LogP contribution in [0.4, 0.5) is 0 Å². The fourth-order valence-corrected chi connectivity index (χ4v) is 0. The molecule has 6 heavy (non-hydrogen) atoms. The molecule has 30 valence electrons. The van der Waals surface area contributed by atoms with Gasteiger partial charge in [-0.1, -0.05) is 6.92 Å². The number of halogens is 1. The molecule has 0 saturated carbocycles. The van der Waals surface area contributed by atoms with E-state index in [-0.39, 0.29) is 18.9 Å². The average molecular weight is 96.5 g/mol. The van der Waals surface area contributed by atoms with Crippen molar-refractivity contribution in [3.8, 4) is 0 Å². The molecule has 0 bridgehead atoms. The molecule has 0 aliphatic heterocycles. The third-order valence-electron chi connectivity index (χ3n) is 0.281. The molecular weight excluding hydrogens is 90.4 g/mol. The Hall–Kier alpha value is 0.497. The Kier molecular flexibility index (Phi) is 8.89. The van der Waals surface area contributed by atoms with E-state index in [0.717, 1.165) is 5.38 Å². The summed E-state index contributed by atoms with van der Waals surface area (Å²) in [5.41, 5.74) is 0. The van der Waals surface area contributed by atoms with E-state index in [0.29, 0.717) is 0 Å². The van der Waals surface area contributed by atoms with Gasteiger partial charge < -0.3 is 0 Å². The molecular formula is C4H6ClLi. The monoisotopic (exact) mass is 96.0 g/mol. The number of hydrogen-bond acceptors (Lipinski definition) is 0. The third kappa shape index (κ3) is 8.82. The molecule has 0 nitrogen and oxygen atoms in total. The first-order valence-corrected chi connectivity index (χ1v) is 1.76. The maximum atomic E-state index is 5.26. The van der Waals surface area contributed by atoms with Crippen molar-refractivity contribution in [3.63, 3.8) is 0 Å². The van der Waals surface area contributed by atoms with E-state index in [1.807, 2.05) is 0 Å². The molecule has 0 spiro atoms. The van der Waals surface area contributed by atoms with Crippen LogP contribution in [0, 0.1) is 5.38 Å². The van der Waals surface area contributed by atoms with Gasteiger partial charge in [0.15, 0.2) is 0 Å². The van der Waals surface area contributed by atoms with E-state index in [4.69, 9.17) is 11.6 Å². The first kappa shape index (κ1) is 9.71. The molecule has 0 fully saturated rings. The molecule has 0 aliphatic rings. The van der Waals surface area contributed by atoms with E-state index >= 15 is 0 Å². The van der Waals surface area contributed by atoms with E-state index in [2.05, 4.69) is 6.58 Å². The molecule has 0 aromatic carbocycles. The number of hydrogen-bond donors (Lipinski definition) is 0. The molecule has 0 atom stereocenters. The van der Waals surface area contributed by atoms with Gasteiger partial charge in [0.05, 0.1) is 0 Å². The van der Waals surface area contributed by atoms with Crippen LogP contribution in [0.1, 0.15) is 6.92 Å². The Bertz CT molecular complexity index is 34.5. The normalized spacial score (nSPS) is 5.67. The van der Waals surface area contributed by atoms with Crippen LogP contribution in [0.5, 0.6) is 0 Å². The maximum absolute atomic E-state index is 5.26. The van der Waals surface area contributed by atoms with Crippen molar-refractivity contribution < 1.29 is 18.9 Å². The Labute approximate surface area is 55.7 Å². The van der Waals surface area contributed by atoms with Gasteiger partial charge in [0.25, 0.3) is 0 Å². The fraction of sp³-hybridized carbons (Fsp3) is 0.250. The molecule has 0 radical (unpaired) electrons. The van der Waals surface area contributed by atoms with Gasteiger partial charge in [0.2, 0.25) is 0 Å². The van der Waals surface area contributed by atoms with Gasteiger partial charge in [0, 0.05) is 0 Å². The third-order valence-corrected chi connectivity index (χ3v) is 0.436. The molecule has 0 aromatic rings. The molecule has 0 rings (SSSR count). The molecule has 0 amide bonds. The van der Waals surface area contributed by atoms with Crippen LogP contribution >= 0.6 is 11.6 Å². The SMILES string of the molecule is C=C[C-](C)Cl.[Li+]. The van der Waals surface area contributed by atoms with Crippen molar-refractivity contribution in [3.05, 3.63) is 18.0 Å². The van der Waals surface area contributed by atoms with Crippen LogP contribution in [0.3, 0.4) is 0 Å². The van der Waals surface area contributed by atoms with Crippen molar-refractivity contribution >= 4 is 11.6 Å². The van der Waals surface area contributed by atoms with Crippen LogP contribution in [-0.4, -0.2) is 0 Å². The van der Waals surface area contributed by atoms with Crippen molar-refractivity contribution in [1.29, 1.82) is 0 Å². The van der Waals surface area contributed by atoms with Crippen molar-refractivity contribution in [2.24, 2.45) is 0 Å². The summed E-state index contributed by atoms with van der Waals surface area (Å²) in [4.78, 5) is 0. The Morgan fingerprint density at radius 2 is 2.00 bits per heavy atom. The first-order chi connectivity index (χ1) is 2.27. The zero-order chi connectivity index (χ0) is 4.28. The molecule has 0 saturated heterocycles. The van der Waals surface area contributed by atoms with Crippen molar-refractivity contribution in [1.82, 2.24) is 0 Å². The van der Waals surface area contributed by atoms with Gasteiger partial charge in [-0.3, -0.25) is 0 Å². The molecule has 2 heteroatoms. The summed E-state index contributed by atoms with van der Waals surface area (Å²) in [5, 5.41) is 0.741. The molecule has 0 unspecified atom stereocenters. The van der Waals surface area contributed by atoms with E-state index in [1.54, 1.807) is 13.0 Å². The summed E-state index contributed by atoms with van der Waals surface area (Å²) < 4.78 is 0. The molecule has 0 aromatic heterocycles. The topological polar surface area (TPSA) is 0 Å². The summed E-state index contributed by atoms with van der Waals surface area (Å²) in [6.07, 6.45) is 1.60. The minimum absolute atomic E-state index is 0. The van der Waals surface area contributed by atoms with Crippen LogP contribution in [0.2, 0.25) is 0 Å². The second kappa shape index (κ2) is 5.50. The minimum Gasteiger partial charge on any atom is -0.244 e. The van der Waals surface area contributed by atoms with Crippen LogP contribution < -0.4 is 18.9 Å². The average Bonchev–Trinajstić information content (AvgIpc) is 1.38. The zero-order valence-corrected chi connectivity index (χ0v) is 4.92. The zero-order valence-electron chi connectivity index (χ0n) is 4.16. The first-order valence-electron chi connectivity index (χ1n) is 1.39. The van der Waals surface area contributed by atoms with Gasteiger partial charge in [-0.05, 0) is 0 Å². The summed E-state index contributed by atoms with van der Waals surface area (Å²) in [7, 11) is 0. The Morgan fingerprint density at radius 1 is 1.83 bits per heavy atom. The van der Waals surface area contributed by atoms with Gasteiger partial charge in [-0.25, -0.2) is 24.3 Å². The molecule has 0 heterocycles. The maximum Gasteiger partial charge on any atom is 1.00 e. The van der Waals surface area contributed by atoms with Crippen LogP contribution in [0.25, 0.3) is 0 Å². The standard InChI is InChI=1S/C4H6Cl.Li/c1-3-4(2)5;/h3H,1H2,2H3;/q-1;+1. The van der Waals surface area contributed by atoms with Gasteiger partial charge >= 0.3 is 18.9 Å². The van der Waals surface area contributed by atoms with Gasteiger partial charge in [-0.2, -0.15) is 0 Å².